The summed E-state index contributed by atoms with van der Waals surface area (Å²) in [5, 5.41) is 0. The molecule has 1 aliphatic heterocycles. The van der Waals surface area contributed by atoms with Gasteiger partial charge in [0.15, 0.2) is 0 Å². The molecule has 27 heavy (non-hydrogen) atoms. The van der Waals surface area contributed by atoms with Crippen LogP contribution in [0.2, 0.25) is 0 Å². The van der Waals surface area contributed by atoms with Crippen LogP contribution < -0.4 is 14.4 Å². The fourth-order valence-electron chi connectivity index (χ4n) is 3.11. The van der Waals surface area contributed by atoms with Crippen LogP contribution in [-0.2, 0) is 14.8 Å². The molecule has 0 spiro atoms. The lowest BCUT2D eigenvalue weighted by Crippen LogP contribution is -2.36. The quantitative estimate of drug-likeness (QED) is 0.818. The van der Waals surface area contributed by atoms with Gasteiger partial charge in [-0.15, -0.1) is 0 Å². The normalized spacial score (nSPS) is 15.0. The Hall–Kier alpha value is -2.25. The maximum Gasteiger partial charge on any atom is 0.261 e. The van der Waals surface area contributed by atoms with Crippen molar-refractivity contribution >= 4 is 21.4 Å². The second-order valence-electron chi connectivity index (χ2n) is 6.81. The summed E-state index contributed by atoms with van der Waals surface area (Å²) >= 11 is 0. The Bertz CT molecular complexity index is 873. The van der Waals surface area contributed by atoms with Gasteiger partial charge in [0.2, 0.25) is 0 Å². The van der Waals surface area contributed by atoms with Crippen molar-refractivity contribution in [2.75, 3.05) is 43.0 Å². The Balaban J connectivity index is 1.79. The van der Waals surface area contributed by atoms with E-state index in [1.165, 1.54) is 0 Å². The number of nitrogens with zero attached hydrogens (tertiary/aromatic N) is 1. The molecule has 1 N–H and O–H groups in total. The molecular weight excluding hydrogens is 364 g/mol. The summed E-state index contributed by atoms with van der Waals surface area (Å²) in [7, 11) is -2.08. The first-order chi connectivity index (χ1) is 12.9. The first-order valence-corrected chi connectivity index (χ1v) is 10.5. The van der Waals surface area contributed by atoms with Crippen molar-refractivity contribution in [3.05, 3.63) is 48.0 Å². The molecule has 2 aromatic rings. The van der Waals surface area contributed by atoms with Crippen LogP contribution in [0.1, 0.15) is 25.3 Å². The summed E-state index contributed by atoms with van der Waals surface area (Å²) < 4.78 is 38.9. The van der Waals surface area contributed by atoms with Gasteiger partial charge in [-0.05, 0) is 53.9 Å². The lowest BCUT2D eigenvalue weighted by atomic mass is 10.0. The average Bonchev–Trinajstić information content (AvgIpc) is 2.68. The Morgan fingerprint density at radius 1 is 1.07 bits per heavy atom. The molecule has 0 radical (unpaired) electrons. The van der Waals surface area contributed by atoms with E-state index in [4.69, 9.17) is 9.47 Å². The predicted molar refractivity (Wildman–Crippen MR) is 107 cm³/mol. The Labute approximate surface area is 161 Å². The van der Waals surface area contributed by atoms with Crippen molar-refractivity contribution in [2.24, 2.45) is 0 Å². The Morgan fingerprint density at radius 2 is 1.74 bits per heavy atom. The number of hydrogen-bond donors (Lipinski definition) is 1. The highest BCUT2D eigenvalue weighted by molar-refractivity contribution is 7.92. The fourth-order valence-corrected chi connectivity index (χ4v) is 4.20. The van der Waals surface area contributed by atoms with Gasteiger partial charge < -0.3 is 14.4 Å². The zero-order valence-electron chi connectivity index (χ0n) is 15.9. The van der Waals surface area contributed by atoms with E-state index >= 15 is 0 Å². The monoisotopic (exact) mass is 390 g/mol. The van der Waals surface area contributed by atoms with Crippen molar-refractivity contribution < 1.29 is 17.9 Å². The molecule has 1 saturated heterocycles. The number of nitrogens with one attached hydrogen (secondary N) is 1. The van der Waals surface area contributed by atoms with Gasteiger partial charge in [0.1, 0.15) is 5.75 Å². The van der Waals surface area contributed by atoms with Gasteiger partial charge in [-0.1, -0.05) is 13.8 Å². The van der Waals surface area contributed by atoms with Crippen LogP contribution >= 0.6 is 0 Å². The molecule has 0 unspecified atom stereocenters. The third kappa shape index (κ3) is 4.54. The number of methoxy groups -OCH3 is 1. The molecule has 0 saturated carbocycles. The summed E-state index contributed by atoms with van der Waals surface area (Å²) in [6.07, 6.45) is 0. The second-order valence-corrected chi connectivity index (χ2v) is 8.49. The highest BCUT2D eigenvalue weighted by Crippen LogP contribution is 2.30. The summed E-state index contributed by atoms with van der Waals surface area (Å²) in [5.41, 5.74) is 2.46. The van der Waals surface area contributed by atoms with Gasteiger partial charge >= 0.3 is 0 Å². The summed E-state index contributed by atoms with van der Waals surface area (Å²) in [5.74, 6) is 0.849. The van der Waals surface area contributed by atoms with E-state index in [-0.39, 0.29) is 10.8 Å². The molecule has 0 aromatic heterocycles. The molecule has 0 amide bonds. The van der Waals surface area contributed by atoms with Crippen molar-refractivity contribution in [2.45, 2.75) is 24.7 Å². The molecule has 3 rings (SSSR count). The molecule has 1 aliphatic rings. The zero-order valence-corrected chi connectivity index (χ0v) is 16.8. The number of anilines is 2. The third-order valence-corrected chi connectivity index (χ3v) is 6.01. The summed E-state index contributed by atoms with van der Waals surface area (Å²) in [4.78, 5) is 2.45. The molecule has 2 aromatic carbocycles. The van der Waals surface area contributed by atoms with E-state index < -0.39 is 10.0 Å². The van der Waals surface area contributed by atoms with Crippen LogP contribution in [0.25, 0.3) is 0 Å². The molecule has 0 bridgehead atoms. The molecule has 6 nitrogen and oxygen atoms in total. The van der Waals surface area contributed by atoms with Crippen molar-refractivity contribution in [3.8, 4) is 5.75 Å². The van der Waals surface area contributed by atoms with Gasteiger partial charge in [-0.25, -0.2) is 8.42 Å². The van der Waals surface area contributed by atoms with E-state index in [1.807, 2.05) is 26.0 Å². The van der Waals surface area contributed by atoms with Crippen LogP contribution in [0.5, 0.6) is 5.75 Å². The topological polar surface area (TPSA) is 67.9 Å². The lowest BCUT2D eigenvalue weighted by Gasteiger charge is -2.28. The van der Waals surface area contributed by atoms with E-state index in [2.05, 4.69) is 9.62 Å². The lowest BCUT2D eigenvalue weighted by molar-refractivity contribution is 0.122. The number of morpholine rings is 1. The zero-order chi connectivity index (χ0) is 19.4. The van der Waals surface area contributed by atoms with E-state index in [0.717, 1.165) is 24.3 Å². The minimum Gasteiger partial charge on any atom is -0.496 e. The van der Waals surface area contributed by atoms with Gasteiger partial charge in [-0.3, -0.25) is 4.72 Å². The molecule has 1 heterocycles. The maximum atomic E-state index is 12.8. The molecule has 146 valence electrons. The molecule has 1 fully saturated rings. The highest BCUT2D eigenvalue weighted by atomic mass is 32.2. The largest absolute Gasteiger partial charge is 0.496 e. The number of rotatable bonds is 6. The maximum absolute atomic E-state index is 12.8. The second kappa shape index (κ2) is 8.19. The minimum atomic E-state index is -3.67. The Kier molecular flexibility index (Phi) is 5.92. The van der Waals surface area contributed by atoms with Crippen LogP contribution in [-0.4, -0.2) is 41.8 Å². The standard InChI is InChI=1S/C20H26N2O4S/c1-15(2)19-14-18(8-9-20(19)25-3)27(23,24)21-16-4-6-17(7-5-16)22-10-12-26-13-11-22/h4-9,14-15,21H,10-13H2,1-3H3. The van der Waals surface area contributed by atoms with Crippen LogP contribution in [0.3, 0.4) is 0 Å². The van der Waals surface area contributed by atoms with Crippen molar-refractivity contribution in [1.29, 1.82) is 0 Å². The number of ether oxygens (including phenoxy) is 2. The van der Waals surface area contributed by atoms with Gasteiger partial charge in [0.25, 0.3) is 10.0 Å². The van der Waals surface area contributed by atoms with Gasteiger partial charge in [0, 0.05) is 24.5 Å². The SMILES string of the molecule is COc1ccc(S(=O)(=O)Nc2ccc(N3CCOCC3)cc2)cc1C(C)C. The molecular formula is C20H26N2O4S. The van der Waals surface area contributed by atoms with Gasteiger partial charge in [0.05, 0.1) is 25.2 Å². The summed E-state index contributed by atoms with van der Waals surface area (Å²) in [6.45, 7) is 7.12. The van der Waals surface area contributed by atoms with E-state index in [9.17, 15) is 8.42 Å². The van der Waals surface area contributed by atoms with Gasteiger partial charge in [-0.2, -0.15) is 0 Å². The predicted octanol–water partition coefficient (Wildman–Crippen LogP) is 3.46. The smallest absolute Gasteiger partial charge is 0.261 e. The Morgan fingerprint density at radius 3 is 2.33 bits per heavy atom. The van der Waals surface area contributed by atoms with Crippen LogP contribution in [0.4, 0.5) is 11.4 Å². The molecule has 7 heteroatoms. The first kappa shape index (κ1) is 19.5. The number of hydrogen-bond acceptors (Lipinski definition) is 5. The summed E-state index contributed by atoms with van der Waals surface area (Å²) in [6, 6.07) is 12.4. The van der Waals surface area contributed by atoms with Crippen molar-refractivity contribution in [1.82, 2.24) is 0 Å². The number of benzene rings is 2. The number of sulfonamides is 1. The average molecular weight is 391 g/mol. The van der Waals surface area contributed by atoms with Crippen molar-refractivity contribution in [3.63, 3.8) is 0 Å². The molecule has 0 atom stereocenters. The van der Waals surface area contributed by atoms with E-state index in [1.54, 1.807) is 37.4 Å². The van der Waals surface area contributed by atoms with Crippen LogP contribution in [0.15, 0.2) is 47.4 Å². The van der Waals surface area contributed by atoms with E-state index in [0.29, 0.717) is 24.7 Å². The minimum absolute atomic E-state index is 0.155. The third-order valence-electron chi connectivity index (χ3n) is 4.63. The molecule has 0 aliphatic carbocycles. The highest BCUT2D eigenvalue weighted by Gasteiger charge is 2.18. The fraction of sp³-hybridized carbons (Fsp3) is 0.400. The van der Waals surface area contributed by atoms with Crippen LogP contribution in [0, 0.1) is 0 Å². The first-order valence-electron chi connectivity index (χ1n) is 9.04.